The fraction of sp³-hybridized carbons (Fsp3) is 1.00. The Hall–Kier alpha value is -0.120. The van der Waals surface area contributed by atoms with Crippen molar-refractivity contribution < 1.29 is 9.84 Å². The minimum absolute atomic E-state index is 0.338. The molecule has 1 heterocycles. The lowest BCUT2D eigenvalue weighted by Crippen LogP contribution is -2.42. The quantitative estimate of drug-likeness (QED) is 0.814. The number of hydrogen-bond acceptors (Lipinski definition) is 3. The molecule has 2 aliphatic rings. The van der Waals surface area contributed by atoms with Gasteiger partial charge in [0.25, 0.3) is 0 Å². The fourth-order valence-corrected chi connectivity index (χ4v) is 4.34. The molecule has 130 valence electrons. The van der Waals surface area contributed by atoms with Gasteiger partial charge in [0.2, 0.25) is 0 Å². The molecule has 3 heteroatoms. The molecule has 5 atom stereocenters. The largest absolute Gasteiger partial charge is 0.389 e. The van der Waals surface area contributed by atoms with Gasteiger partial charge in [-0.2, -0.15) is 0 Å². The molecule has 0 bridgehead atoms. The van der Waals surface area contributed by atoms with Crippen molar-refractivity contribution in [1.82, 2.24) is 4.90 Å². The summed E-state index contributed by atoms with van der Waals surface area (Å²) in [6.07, 6.45) is 6.38. The van der Waals surface area contributed by atoms with E-state index in [1.54, 1.807) is 0 Å². The highest BCUT2D eigenvalue weighted by molar-refractivity contribution is 4.82. The second-order valence-corrected chi connectivity index (χ2v) is 8.36. The molecule has 0 radical (unpaired) electrons. The van der Waals surface area contributed by atoms with E-state index < -0.39 is 0 Å². The number of piperidine rings is 1. The van der Waals surface area contributed by atoms with Gasteiger partial charge in [-0.1, -0.05) is 34.1 Å². The van der Waals surface area contributed by atoms with E-state index >= 15 is 0 Å². The van der Waals surface area contributed by atoms with Crippen molar-refractivity contribution in [2.75, 3.05) is 26.2 Å². The van der Waals surface area contributed by atoms with E-state index in [2.05, 4.69) is 32.6 Å². The standard InChI is InChI=1S/C19H37NO2/c1-14(2)18-8-7-15(3)10-19(18)22-13-17(21)12-20-9-5-6-16(4)11-20/h14-19,21H,5-13H2,1-4H3/t15-,16-,17+,18-,19-/m1/s1. The first-order valence-electron chi connectivity index (χ1n) is 9.47. The molecule has 0 aromatic rings. The maximum Gasteiger partial charge on any atom is 0.0900 e. The van der Waals surface area contributed by atoms with Crippen LogP contribution in [0.2, 0.25) is 0 Å². The highest BCUT2D eigenvalue weighted by Gasteiger charge is 2.32. The number of rotatable bonds is 6. The van der Waals surface area contributed by atoms with Gasteiger partial charge < -0.3 is 14.7 Å². The Bertz CT molecular complexity index is 321. The zero-order valence-electron chi connectivity index (χ0n) is 15.1. The predicted molar refractivity (Wildman–Crippen MR) is 91.9 cm³/mol. The first-order chi connectivity index (χ1) is 10.5. The van der Waals surface area contributed by atoms with Crippen LogP contribution in [0.3, 0.4) is 0 Å². The first-order valence-corrected chi connectivity index (χ1v) is 9.47. The molecule has 1 saturated carbocycles. The number of hydrogen-bond donors (Lipinski definition) is 1. The second kappa shape index (κ2) is 8.65. The van der Waals surface area contributed by atoms with E-state index in [-0.39, 0.29) is 6.10 Å². The smallest absolute Gasteiger partial charge is 0.0900 e. The number of aliphatic hydroxyl groups excluding tert-OH is 1. The Labute approximate surface area is 137 Å². The molecule has 0 spiro atoms. The van der Waals surface area contributed by atoms with Crippen molar-refractivity contribution in [3.05, 3.63) is 0 Å². The summed E-state index contributed by atoms with van der Waals surface area (Å²) in [6.45, 7) is 12.8. The van der Waals surface area contributed by atoms with Crippen LogP contribution in [-0.2, 0) is 4.74 Å². The monoisotopic (exact) mass is 311 g/mol. The Morgan fingerprint density at radius 2 is 1.91 bits per heavy atom. The van der Waals surface area contributed by atoms with E-state index in [1.165, 1.54) is 25.7 Å². The average molecular weight is 312 g/mol. The maximum atomic E-state index is 10.3. The van der Waals surface area contributed by atoms with Crippen molar-refractivity contribution in [2.45, 2.75) is 72.0 Å². The van der Waals surface area contributed by atoms with Gasteiger partial charge in [0.1, 0.15) is 0 Å². The summed E-state index contributed by atoms with van der Waals surface area (Å²) in [7, 11) is 0. The lowest BCUT2D eigenvalue weighted by atomic mass is 9.75. The molecule has 2 rings (SSSR count). The molecule has 1 aliphatic carbocycles. The summed E-state index contributed by atoms with van der Waals surface area (Å²) < 4.78 is 6.18. The lowest BCUT2D eigenvalue weighted by Gasteiger charge is -2.38. The highest BCUT2D eigenvalue weighted by Crippen LogP contribution is 2.35. The second-order valence-electron chi connectivity index (χ2n) is 8.36. The number of nitrogens with zero attached hydrogens (tertiary/aromatic N) is 1. The van der Waals surface area contributed by atoms with E-state index in [0.717, 1.165) is 37.9 Å². The molecule has 1 saturated heterocycles. The van der Waals surface area contributed by atoms with Gasteiger partial charge in [0.05, 0.1) is 18.8 Å². The van der Waals surface area contributed by atoms with Gasteiger partial charge in [-0.15, -0.1) is 0 Å². The van der Waals surface area contributed by atoms with Crippen LogP contribution in [0.5, 0.6) is 0 Å². The molecule has 1 aliphatic heterocycles. The molecule has 0 unspecified atom stereocenters. The van der Waals surface area contributed by atoms with Gasteiger partial charge in [-0.3, -0.25) is 0 Å². The Balaban J connectivity index is 1.75. The van der Waals surface area contributed by atoms with Crippen LogP contribution in [0.1, 0.15) is 59.8 Å². The predicted octanol–water partition coefficient (Wildman–Crippen LogP) is 3.56. The zero-order chi connectivity index (χ0) is 16.1. The molecule has 0 aromatic heterocycles. The molecular weight excluding hydrogens is 274 g/mol. The normalized spacial score (nSPS) is 35.7. The van der Waals surface area contributed by atoms with Gasteiger partial charge in [0, 0.05) is 13.1 Å². The highest BCUT2D eigenvalue weighted by atomic mass is 16.5. The topological polar surface area (TPSA) is 32.7 Å². The van der Waals surface area contributed by atoms with E-state index in [9.17, 15) is 5.11 Å². The molecule has 1 N–H and O–H groups in total. The van der Waals surface area contributed by atoms with E-state index in [4.69, 9.17) is 4.74 Å². The number of aliphatic hydroxyl groups is 1. The minimum Gasteiger partial charge on any atom is -0.389 e. The zero-order valence-corrected chi connectivity index (χ0v) is 15.1. The van der Waals surface area contributed by atoms with E-state index in [0.29, 0.717) is 24.5 Å². The van der Waals surface area contributed by atoms with Crippen LogP contribution in [0.4, 0.5) is 0 Å². The molecule has 3 nitrogen and oxygen atoms in total. The maximum absolute atomic E-state index is 10.3. The van der Waals surface area contributed by atoms with Gasteiger partial charge in [-0.05, 0) is 55.9 Å². The van der Waals surface area contributed by atoms with Gasteiger partial charge in [-0.25, -0.2) is 0 Å². The van der Waals surface area contributed by atoms with Crippen LogP contribution >= 0.6 is 0 Å². The fourth-order valence-electron chi connectivity index (χ4n) is 4.34. The summed E-state index contributed by atoms with van der Waals surface area (Å²) in [5.74, 6) is 2.88. The van der Waals surface area contributed by atoms with Crippen LogP contribution in [-0.4, -0.2) is 48.5 Å². The van der Waals surface area contributed by atoms with Crippen molar-refractivity contribution in [1.29, 1.82) is 0 Å². The molecule has 22 heavy (non-hydrogen) atoms. The third-order valence-electron chi connectivity index (χ3n) is 5.67. The van der Waals surface area contributed by atoms with Crippen molar-refractivity contribution in [2.24, 2.45) is 23.7 Å². The average Bonchev–Trinajstić information content (AvgIpc) is 2.45. The molecular formula is C19H37NO2. The van der Waals surface area contributed by atoms with Crippen LogP contribution in [0.15, 0.2) is 0 Å². The molecule has 2 fully saturated rings. The molecule has 0 amide bonds. The van der Waals surface area contributed by atoms with E-state index in [1.807, 2.05) is 0 Å². The Morgan fingerprint density at radius 1 is 1.14 bits per heavy atom. The van der Waals surface area contributed by atoms with Crippen molar-refractivity contribution in [3.8, 4) is 0 Å². The van der Waals surface area contributed by atoms with Crippen LogP contribution in [0, 0.1) is 23.7 Å². The van der Waals surface area contributed by atoms with Crippen molar-refractivity contribution >= 4 is 0 Å². The van der Waals surface area contributed by atoms with Gasteiger partial charge >= 0.3 is 0 Å². The molecule has 0 aromatic carbocycles. The third-order valence-corrected chi connectivity index (χ3v) is 5.67. The summed E-state index contributed by atoms with van der Waals surface area (Å²) in [4.78, 5) is 2.41. The third kappa shape index (κ3) is 5.50. The number of β-amino-alcohol motifs (C(OH)–C–C–N with tert-alkyl or cyclic N) is 1. The summed E-state index contributed by atoms with van der Waals surface area (Å²) >= 11 is 0. The first kappa shape index (κ1) is 18.2. The summed E-state index contributed by atoms with van der Waals surface area (Å²) in [5, 5.41) is 10.3. The van der Waals surface area contributed by atoms with Crippen molar-refractivity contribution in [3.63, 3.8) is 0 Å². The SMILES string of the molecule is CC(C)[C@H]1CC[C@@H](C)C[C@H]1OC[C@@H](O)CN1CCC[C@@H](C)C1. The Morgan fingerprint density at radius 3 is 2.59 bits per heavy atom. The van der Waals surface area contributed by atoms with Crippen LogP contribution < -0.4 is 0 Å². The Kier molecular flexibility index (Phi) is 7.17. The lowest BCUT2D eigenvalue weighted by molar-refractivity contribution is -0.0751. The van der Waals surface area contributed by atoms with Gasteiger partial charge in [0.15, 0.2) is 0 Å². The number of likely N-dealkylation sites (tertiary alicyclic amines) is 1. The summed E-state index contributed by atoms with van der Waals surface area (Å²) in [6, 6.07) is 0. The van der Waals surface area contributed by atoms with Crippen LogP contribution in [0.25, 0.3) is 0 Å². The summed E-state index contributed by atoms with van der Waals surface area (Å²) in [5.41, 5.74) is 0. The minimum atomic E-state index is -0.338. The number of ether oxygens (including phenoxy) is 1.